The highest BCUT2D eigenvalue weighted by atomic mass is 35.5. The van der Waals surface area contributed by atoms with Crippen LogP contribution in [0.1, 0.15) is 10.4 Å². The van der Waals surface area contributed by atoms with Gasteiger partial charge in [-0.3, -0.25) is 9.69 Å². The van der Waals surface area contributed by atoms with Gasteiger partial charge in [0.2, 0.25) is 0 Å². The van der Waals surface area contributed by atoms with Crippen molar-refractivity contribution < 1.29 is 9.53 Å². The van der Waals surface area contributed by atoms with Crippen LogP contribution in [-0.4, -0.2) is 50.1 Å². The number of benzene rings is 2. The monoisotopic (exact) mass is 361 g/mol. The summed E-state index contributed by atoms with van der Waals surface area (Å²) in [5, 5.41) is 6.30. The average Bonchev–Trinajstić information content (AvgIpc) is 2.64. The van der Waals surface area contributed by atoms with Crippen molar-refractivity contribution in [3.63, 3.8) is 0 Å². The lowest BCUT2D eigenvalue weighted by Gasteiger charge is -2.27. The molecule has 2 aromatic carbocycles. The molecule has 0 spiro atoms. The molecule has 1 aliphatic rings. The predicted octanol–water partition coefficient (Wildman–Crippen LogP) is 2.54. The zero-order chi connectivity index (χ0) is 16.6. The van der Waals surface area contributed by atoms with E-state index in [1.807, 2.05) is 42.5 Å². The maximum absolute atomic E-state index is 12.3. The summed E-state index contributed by atoms with van der Waals surface area (Å²) in [6, 6.07) is 16.8. The Labute approximate surface area is 154 Å². The minimum atomic E-state index is -0.0661. The van der Waals surface area contributed by atoms with Crippen molar-refractivity contribution in [1.29, 1.82) is 0 Å². The van der Waals surface area contributed by atoms with Gasteiger partial charge in [0.05, 0.1) is 0 Å². The molecule has 0 bridgehead atoms. The number of rotatable bonds is 6. The third kappa shape index (κ3) is 6.05. The van der Waals surface area contributed by atoms with E-state index >= 15 is 0 Å². The van der Waals surface area contributed by atoms with E-state index in [1.165, 1.54) is 0 Å². The molecule has 1 aliphatic heterocycles. The Morgan fingerprint density at radius 2 is 1.76 bits per heavy atom. The largest absolute Gasteiger partial charge is 0.457 e. The molecule has 25 heavy (non-hydrogen) atoms. The van der Waals surface area contributed by atoms with Crippen molar-refractivity contribution in [1.82, 2.24) is 15.5 Å². The van der Waals surface area contributed by atoms with Crippen LogP contribution in [0.15, 0.2) is 54.6 Å². The van der Waals surface area contributed by atoms with Gasteiger partial charge in [-0.2, -0.15) is 0 Å². The van der Waals surface area contributed by atoms with Crippen molar-refractivity contribution in [2.75, 3.05) is 39.3 Å². The van der Waals surface area contributed by atoms with Gasteiger partial charge in [-0.1, -0.05) is 24.3 Å². The third-order valence-corrected chi connectivity index (χ3v) is 4.00. The molecule has 1 amide bonds. The van der Waals surface area contributed by atoms with Crippen LogP contribution in [0.2, 0.25) is 0 Å². The molecule has 5 nitrogen and oxygen atoms in total. The minimum absolute atomic E-state index is 0. The molecular formula is C19H24ClN3O2. The lowest BCUT2D eigenvalue weighted by atomic mass is 10.2. The SMILES string of the molecule is Cl.O=C(NCCN1CCNCC1)c1cccc(Oc2ccccc2)c1. The highest BCUT2D eigenvalue weighted by Gasteiger charge is 2.10. The van der Waals surface area contributed by atoms with Crippen molar-refractivity contribution in [2.24, 2.45) is 0 Å². The number of ether oxygens (including phenoxy) is 1. The summed E-state index contributed by atoms with van der Waals surface area (Å²) in [4.78, 5) is 14.6. The first kappa shape index (κ1) is 19.2. The van der Waals surface area contributed by atoms with Gasteiger partial charge in [-0.15, -0.1) is 12.4 Å². The fourth-order valence-electron chi connectivity index (χ4n) is 2.69. The summed E-state index contributed by atoms with van der Waals surface area (Å²) < 4.78 is 5.77. The Hall–Kier alpha value is -2.08. The van der Waals surface area contributed by atoms with E-state index in [9.17, 15) is 4.79 Å². The summed E-state index contributed by atoms with van der Waals surface area (Å²) in [6.45, 7) is 5.66. The molecule has 2 N–H and O–H groups in total. The van der Waals surface area contributed by atoms with Gasteiger partial charge in [0.15, 0.2) is 0 Å². The number of nitrogens with one attached hydrogen (secondary N) is 2. The maximum atomic E-state index is 12.3. The first-order valence-electron chi connectivity index (χ1n) is 8.35. The van der Waals surface area contributed by atoms with Gasteiger partial charge in [0.25, 0.3) is 5.91 Å². The number of carbonyl (C=O) groups is 1. The normalized spacial score (nSPS) is 14.4. The fraction of sp³-hybridized carbons (Fsp3) is 0.316. The fourth-order valence-corrected chi connectivity index (χ4v) is 2.69. The van der Waals surface area contributed by atoms with Crippen LogP contribution >= 0.6 is 12.4 Å². The van der Waals surface area contributed by atoms with Crippen LogP contribution in [-0.2, 0) is 0 Å². The Balaban J connectivity index is 0.00000225. The Kier molecular flexibility index (Phi) is 7.73. The van der Waals surface area contributed by atoms with E-state index < -0.39 is 0 Å². The van der Waals surface area contributed by atoms with Gasteiger partial charge in [-0.05, 0) is 30.3 Å². The number of hydrogen-bond acceptors (Lipinski definition) is 4. The van der Waals surface area contributed by atoms with Crippen molar-refractivity contribution in [3.8, 4) is 11.5 Å². The molecular weight excluding hydrogens is 338 g/mol. The molecule has 1 saturated heterocycles. The number of halogens is 1. The third-order valence-electron chi connectivity index (χ3n) is 4.00. The zero-order valence-electron chi connectivity index (χ0n) is 14.1. The number of amides is 1. The molecule has 6 heteroatoms. The Bertz CT molecular complexity index is 661. The summed E-state index contributed by atoms with van der Waals surface area (Å²) in [5.41, 5.74) is 0.615. The van der Waals surface area contributed by atoms with Gasteiger partial charge >= 0.3 is 0 Å². The molecule has 3 rings (SSSR count). The second kappa shape index (κ2) is 10.0. The van der Waals surface area contributed by atoms with Gasteiger partial charge in [-0.25, -0.2) is 0 Å². The summed E-state index contributed by atoms with van der Waals surface area (Å²) in [7, 11) is 0. The molecule has 0 atom stereocenters. The van der Waals surface area contributed by atoms with Crippen LogP contribution < -0.4 is 15.4 Å². The standard InChI is InChI=1S/C19H23N3O2.ClH/c23-19(21-11-14-22-12-9-20-10-13-22)16-5-4-8-18(15-16)24-17-6-2-1-3-7-17;/h1-8,15,20H,9-14H2,(H,21,23);1H. The lowest BCUT2D eigenvalue weighted by molar-refractivity contribution is 0.0947. The molecule has 134 valence electrons. The minimum Gasteiger partial charge on any atom is -0.457 e. The number of para-hydroxylation sites is 1. The first-order chi connectivity index (χ1) is 11.8. The second-order valence-corrected chi connectivity index (χ2v) is 5.79. The summed E-state index contributed by atoms with van der Waals surface area (Å²) >= 11 is 0. The Morgan fingerprint density at radius 3 is 2.52 bits per heavy atom. The van der Waals surface area contributed by atoms with Gasteiger partial charge < -0.3 is 15.4 Å². The van der Waals surface area contributed by atoms with E-state index in [0.717, 1.165) is 38.5 Å². The lowest BCUT2D eigenvalue weighted by Crippen LogP contribution is -2.46. The number of hydrogen-bond donors (Lipinski definition) is 2. The smallest absolute Gasteiger partial charge is 0.251 e. The predicted molar refractivity (Wildman–Crippen MR) is 102 cm³/mol. The second-order valence-electron chi connectivity index (χ2n) is 5.79. The van der Waals surface area contributed by atoms with E-state index in [1.54, 1.807) is 12.1 Å². The molecule has 0 radical (unpaired) electrons. The van der Waals surface area contributed by atoms with E-state index in [2.05, 4.69) is 15.5 Å². The highest BCUT2D eigenvalue weighted by molar-refractivity contribution is 5.94. The van der Waals surface area contributed by atoms with Crippen molar-refractivity contribution in [2.45, 2.75) is 0 Å². The average molecular weight is 362 g/mol. The Morgan fingerprint density at radius 1 is 1.04 bits per heavy atom. The van der Waals surface area contributed by atoms with E-state index in [-0.39, 0.29) is 18.3 Å². The van der Waals surface area contributed by atoms with Crippen LogP contribution in [0.4, 0.5) is 0 Å². The number of carbonyl (C=O) groups excluding carboxylic acids is 1. The molecule has 1 heterocycles. The molecule has 0 unspecified atom stereocenters. The molecule has 0 saturated carbocycles. The first-order valence-corrected chi connectivity index (χ1v) is 8.35. The van der Waals surface area contributed by atoms with E-state index in [4.69, 9.17) is 4.74 Å². The number of piperazine rings is 1. The van der Waals surface area contributed by atoms with E-state index in [0.29, 0.717) is 17.9 Å². The van der Waals surface area contributed by atoms with Crippen LogP contribution in [0.3, 0.4) is 0 Å². The van der Waals surface area contributed by atoms with Crippen LogP contribution in [0, 0.1) is 0 Å². The van der Waals surface area contributed by atoms with Crippen LogP contribution in [0.25, 0.3) is 0 Å². The van der Waals surface area contributed by atoms with Crippen molar-refractivity contribution >= 4 is 18.3 Å². The molecule has 2 aromatic rings. The van der Waals surface area contributed by atoms with Crippen LogP contribution in [0.5, 0.6) is 11.5 Å². The quantitative estimate of drug-likeness (QED) is 0.830. The highest BCUT2D eigenvalue weighted by Crippen LogP contribution is 2.21. The van der Waals surface area contributed by atoms with Crippen molar-refractivity contribution in [3.05, 3.63) is 60.2 Å². The van der Waals surface area contributed by atoms with Gasteiger partial charge in [0.1, 0.15) is 11.5 Å². The number of nitrogens with zero attached hydrogens (tertiary/aromatic N) is 1. The molecule has 1 fully saturated rings. The summed E-state index contributed by atoms with van der Waals surface area (Å²) in [6.07, 6.45) is 0. The molecule has 0 aromatic heterocycles. The van der Waals surface area contributed by atoms with Gasteiger partial charge in [0, 0.05) is 44.8 Å². The molecule has 0 aliphatic carbocycles. The maximum Gasteiger partial charge on any atom is 0.251 e. The zero-order valence-corrected chi connectivity index (χ0v) is 14.9. The summed E-state index contributed by atoms with van der Waals surface area (Å²) in [5.74, 6) is 1.35. The topological polar surface area (TPSA) is 53.6 Å².